The molecule has 1 unspecified atom stereocenters. The van der Waals surface area contributed by atoms with Crippen molar-refractivity contribution in [2.45, 2.75) is 13.0 Å². The second-order valence-corrected chi connectivity index (χ2v) is 5.13. The Kier molecular flexibility index (Phi) is 3.76. The summed E-state index contributed by atoms with van der Waals surface area (Å²) in [6.45, 7) is 1.78. The van der Waals surface area contributed by atoms with Gasteiger partial charge in [-0.3, -0.25) is 25.5 Å². The van der Waals surface area contributed by atoms with Gasteiger partial charge < -0.3 is 4.79 Å². The van der Waals surface area contributed by atoms with Crippen LogP contribution in [-0.4, -0.2) is 22.2 Å². The van der Waals surface area contributed by atoms with Crippen molar-refractivity contribution in [3.8, 4) is 0 Å². The number of nitrogens with zero attached hydrogens (tertiary/aromatic N) is 3. The lowest BCUT2D eigenvalue weighted by Crippen LogP contribution is -2.42. The van der Waals surface area contributed by atoms with Crippen molar-refractivity contribution in [2.24, 2.45) is 0 Å². The monoisotopic (exact) mass is 310 g/mol. The van der Waals surface area contributed by atoms with Crippen LogP contribution in [0.15, 0.2) is 42.7 Å². The number of nitro benzene ring substituents is 1. The first-order chi connectivity index (χ1) is 11.1. The highest BCUT2D eigenvalue weighted by Crippen LogP contribution is 2.33. The molecule has 1 aromatic heterocycles. The highest BCUT2D eigenvalue weighted by atomic mass is 16.6. The lowest BCUT2D eigenvalue weighted by molar-refractivity contribution is -0.384. The average molecular weight is 310 g/mol. The number of pyridine rings is 1. The van der Waals surface area contributed by atoms with Gasteiger partial charge in [0.1, 0.15) is 18.0 Å². The van der Waals surface area contributed by atoms with Gasteiger partial charge in [-0.1, -0.05) is 24.3 Å². The fraction of sp³-hybridized carbons (Fsp3) is 0.125. The largest absolute Gasteiger partial charge is 0.301 e. The van der Waals surface area contributed by atoms with Gasteiger partial charge in [0.2, 0.25) is 0 Å². The molecule has 0 saturated carbocycles. The Labute approximate surface area is 132 Å². The van der Waals surface area contributed by atoms with Gasteiger partial charge in [-0.15, -0.1) is 0 Å². The molecule has 0 amide bonds. The van der Waals surface area contributed by atoms with Crippen LogP contribution in [0.1, 0.15) is 11.1 Å². The van der Waals surface area contributed by atoms with Gasteiger partial charge in [0.25, 0.3) is 5.69 Å². The summed E-state index contributed by atoms with van der Waals surface area (Å²) >= 11 is 0. The molecule has 1 N–H and O–H groups in total. The minimum Gasteiger partial charge on any atom is -0.301 e. The number of rotatable bonds is 4. The van der Waals surface area contributed by atoms with E-state index in [0.717, 1.165) is 17.5 Å². The molecule has 0 bridgehead atoms. The number of hydrazine groups is 1. The van der Waals surface area contributed by atoms with E-state index in [4.69, 9.17) is 0 Å². The minimum absolute atomic E-state index is 0.0418. The Hall–Kier alpha value is -3.22. The highest BCUT2D eigenvalue weighted by Gasteiger charge is 2.25. The number of carbonyl (C=O) groups excluding carboxylic acids is 1. The molecule has 1 aromatic carbocycles. The summed E-state index contributed by atoms with van der Waals surface area (Å²) in [4.78, 5) is 26.3. The number of para-hydroxylation sites is 1. The van der Waals surface area contributed by atoms with E-state index in [-0.39, 0.29) is 5.69 Å². The Morgan fingerprint density at radius 3 is 2.96 bits per heavy atom. The Balaban J connectivity index is 2.07. The third-order valence-corrected chi connectivity index (χ3v) is 3.68. The summed E-state index contributed by atoms with van der Waals surface area (Å²) in [7, 11) is 0. The predicted octanol–water partition coefficient (Wildman–Crippen LogP) is 2.73. The van der Waals surface area contributed by atoms with Crippen molar-refractivity contribution >= 4 is 29.4 Å². The van der Waals surface area contributed by atoms with E-state index in [1.165, 1.54) is 6.07 Å². The molecular weight excluding hydrogens is 296 g/mol. The van der Waals surface area contributed by atoms with E-state index >= 15 is 0 Å². The van der Waals surface area contributed by atoms with E-state index in [9.17, 15) is 14.9 Å². The fourth-order valence-electron chi connectivity index (χ4n) is 2.51. The first-order valence-electron chi connectivity index (χ1n) is 6.99. The number of carbonyl (C=O) groups is 1. The smallest absolute Gasteiger partial charge is 0.294 e. The maximum absolute atomic E-state index is 11.4. The summed E-state index contributed by atoms with van der Waals surface area (Å²) < 4.78 is 0. The minimum atomic E-state index is -0.566. The SMILES string of the molecule is Cc1cccc([N+](=O)[O-])c1NN1c2ccncc2C=CC1C=O. The maximum atomic E-state index is 11.4. The topological polar surface area (TPSA) is 88.4 Å². The molecule has 7 nitrogen and oxygen atoms in total. The van der Waals surface area contributed by atoms with E-state index in [1.54, 1.807) is 48.6 Å². The van der Waals surface area contributed by atoms with E-state index < -0.39 is 11.0 Å². The number of aldehydes is 1. The van der Waals surface area contributed by atoms with Gasteiger partial charge in [-0.25, -0.2) is 0 Å². The molecule has 0 saturated heterocycles. The Morgan fingerprint density at radius 1 is 1.39 bits per heavy atom. The molecule has 23 heavy (non-hydrogen) atoms. The van der Waals surface area contributed by atoms with E-state index in [0.29, 0.717) is 11.3 Å². The van der Waals surface area contributed by atoms with Crippen LogP contribution in [-0.2, 0) is 4.79 Å². The first kappa shape index (κ1) is 14.7. The molecule has 3 rings (SSSR count). The first-order valence-corrected chi connectivity index (χ1v) is 6.99. The average Bonchev–Trinajstić information content (AvgIpc) is 2.56. The van der Waals surface area contributed by atoms with Crippen molar-refractivity contribution in [3.05, 3.63) is 64.0 Å². The van der Waals surface area contributed by atoms with Crippen LogP contribution in [0.4, 0.5) is 17.1 Å². The number of hydrogen-bond donors (Lipinski definition) is 1. The zero-order valence-corrected chi connectivity index (χ0v) is 12.3. The molecule has 2 aromatic rings. The van der Waals surface area contributed by atoms with Crippen LogP contribution in [0.25, 0.3) is 6.08 Å². The van der Waals surface area contributed by atoms with Crippen LogP contribution in [0.3, 0.4) is 0 Å². The number of nitro groups is 1. The van der Waals surface area contributed by atoms with Gasteiger partial charge in [-0.05, 0) is 18.6 Å². The second-order valence-electron chi connectivity index (χ2n) is 5.13. The third kappa shape index (κ3) is 2.64. The van der Waals surface area contributed by atoms with Crippen LogP contribution >= 0.6 is 0 Å². The summed E-state index contributed by atoms with van der Waals surface area (Å²) in [5.74, 6) is 0. The summed E-state index contributed by atoms with van der Waals surface area (Å²) in [6, 6.07) is 6.02. The molecule has 0 fully saturated rings. The number of aryl methyl sites for hydroxylation is 1. The number of benzene rings is 1. The molecule has 0 aliphatic carbocycles. The summed E-state index contributed by atoms with van der Waals surface area (Å²) in [5, 5.41) is 12.9. The molecular formula is C16H14N4O3. The highest BCUT2D eigenvalue weighted by molar-refractivity contribution is 5.83. The van der Waals surface area contributed by atoms with Gasteiger partial charge in [0.05, 0.1) is 10.6 Å². The molecule has 2 heterocycles. The number of hydrogen-bond acceptors (Lipinski definition) is 6. The van der Waals surface area contributed by atoms with Crippen molar-refractivity contribution in [3.63, 3.8) is 0 Å². The lowest BCUT2D eigenvalue weighted by atomic mass is 10.1. The fourth-order valence-corrected chi connectivity index (χ4v) is 2.51. The number of fused-ring (bicyclic) bond motifs is 1. The van der Waals surface area contributed by atoms with E-state index in [2.05, 4.69) is 10.4 Å². The zero-order valence-electron chi connectivity index (χ0n) is 12.3. The van der Waals surface area contributed by atoms with Crippen molar-refractivity contribution < 1.29 is 9.72 Å². The summed E-state index contributed by atoms with van der Waals surface area (Å²) in [6.07, 6.45) is 7.59. The van der Waals surface area contributed by atoms with Gasteiger partial charge in [0.15, 0.2) is 0 Å². The third-order valence-electron chi connectivity index (χ3n) is 3.68. The van der Waals surface area contributed by atoms with Gasteiger partial charge in [0, 0.05) is 24.0 Å². The molecule has 0 spiro atoms. The van der Waals surface area contributed by atoms with Crippen molar-refractivity contribution in [1.82, 2.24) is 4.98 Å². The zero-order chi connectivity index (χ0) is 16.4. The Morgan fingerprint density at radius 2 is 2.22 bits per heavy atom. The van der Waals surface area contributed by atoms with Gasteiger partial charge in [-0.2, -0.15) is 0 Å². The van der Waals surface area contributed by atoms with Crippen LogP contribution < -0.4 is 10.4 Å². The van der Waals surface area contributed by atoms with E-state index in [1.807, 2.05) is 6.08 Å². The molecule has 1 aliphatic rings. The van der Waals surface area contributed by atoms with Crippen molar-refractivity contribution in [2.75, 3.05) is 10.4 Å². The maximum Gasteiger partial charge on any atom is 0.294 e. The van der Waals surface area contributed by atoms with Crippen molar-refractivity contribution in [1.29, 1.82) is 0 Å². The Bertz CT molecular complexity index is 804. The second kappa shape index (κ2) is 5.88. The van der Waals surface area contributed by atoms with Crippen LogP contribution in [0.5, 0.6) is 0 Å². The van der Waals surface area contributed by atoms with Crippen LogP contribution in [0, 0.1) is 17.0 Å². The predicted molar refractivity (Wildman–Crippen MR) is 87.1 cm³/mol. The number of nitrogens with one attached hydrogen (secondary N) is 1. The number of aromatic nitrogens is 1. The normalized spacial score (nSPS) is 15.9. The number of anilines is 2. The molecule has 116 valence electrons. The molecule has 0 radical (unpaired) electrons. The standard InChI is InChI=1S/C16H14N4O3/c1-11-3-2-4-15(20(22)23)16(11)18-19-13(10-21)6-5-12-9-17-8-7-14(12)19/h2-10,13,18H,1H3. The lowest BCUT2D eigenvalue weighted by Gasteiger charge is -2.33. The molecule has 1 aliphatic heterocycles. The molecule has 1 atom stereocenters. The summed E-state index contributed by atoms with van der Waals surface area (Å²) in [5.41, 5.74) is 5.64. The van der Waals surface area contributed by atoms with Gasteiger partial charge >= 0.3 is 0 Å². The van der Waals surface area contributed by atoms with Crippen LogP contribution in [0.2, 0.25) is 0 Å². The quantitative estimate of drug-likeness (QED) is 0.530. The molecule has 7 heteroatoms.